The molecule has 0 aliphatic rings. The summed E-state index contributed by atoms with van der Waals surface area (Å²) in [5.41, 5.74) is 5.37. The van der Waals surface area contributed by atoms with Gasteiger partial charge in [0.1, 0.15) is 0 Å². The normalized spacial score (nSPS) is 9.17. The Morgan fingerprint density at radius 1 is 1.58 bits per heavy atom. The highest BCUT2D eigenvalue weighted by Gasteiger charge is 2.02. The van der Waals surface area contributed by atoms with Crippen LogP contribution in [-0.2, 0) is 6.42 Å². The minimum atomic E-state index is 0. The van der Waals surface area contributed by atoms with Crippen molar-refractivity contribution in [3.8, 4) is 0 Å². The second kappa shape index (κ2) is 5.45. The van der Waals surface area contributed by atoms with E-state index in [0.29, 0.717) is 6.54 Å². The maximum Gasteiger partial charge on any atom is 0.169 e. The van der Waals surface area contributed by atoms with Gasteiger partial charge in [0.15, 0.2) is 5.78 Å². The fraction of sp³-hybridized carbons (Fsp3) is 0.375. The monoisotopic (exact) mass is 249 g/mol. The first-order valence-corrected chi connectivity index (χ1v) is 4.35. The largest absolute Gasteiger partial charge is 0.330 e. The molecule has 0 fully saturated rings. The third-order valence-electron chi connectivity index (χ3n) is 1.40. The number of hydrogen-bond acceptors (Lipinski definition) is 3. The number of carbonyl (C=O) groups excluding carboxylic acids is 1. The van der Waals surface area contributed by atoms with Crippen LogP contribution in [0.25, 0.3) is 0 Å². The van der Waals surface area contributed by atoms with Crippen molar-refractivity contribution >= 4 is 34.1 Å². The van der Waals surface area contributed by atoms with Crippen molar-refractivity contribution in [1.29, 1.82) is 0 Å². The van der Waals surface area contributed by atoms with Crippen LogP contribution in [0.5, 0.6) is 0 Å². The van der Waals surface area contributed by atoms with Crippen LogP contribution in [0.3, 0.4) is 0 Å². The molecule has 0 saturated heterocycles. The van der Waals surface area contributed by atoms with Gasteiger partial charge in [-0.25, -0.2) is 0 Å². The third kappa shape index (κ3) is 3.05. The van der Waals surface area contributed by atoms with Gasteiger partial charge >= 0.3 is 0 Å². The van der Waals surface area contributed by atoms with Gasteiger partial charge in [-0.15, -0.1) is 28.3 Å². The van der Waals surface area contributed by atoms with Crippen molar-refractivity contribution in [3.05, 3.63) is 21.9 Å². The predicted molar refractivity (Wildman–Crippen MR) is 57.4 cm³/mol. The number of nitrogens with two attached hydrogens (primary N) is 1. The van der Waals surface area contributed by atoms with Crippen molar-refractivity contribution in [2.24, 2.45) is 5.73 Å². The van der Waals surface area contributed by atoms with E-state index in [4.69, 9.17) is 5.73 Å². The standard InChI is InChI=1S/C8H11NOS.BrH/c1-6(10)8-3-2-7(11-8)4-5-9;/h2-3H,4-5,9H2,1H3;1H. The molecule has 1 heterocycles. The summed E-state index contributed by atoms with van der Waals surface area (Å²) < 4.78 is 0. The second-order valence-corrected chi connectivity index (χ2v) is 3.53. The molecule has 0 unspecified atom stereocenters. The highest BCUT2D eigenvalue weighted by Crippen LogP contribution is 2.16. The van der Waals surface area contributed by atoms with E-state index in [-0.39, 0.29) is 22.8 Å². The molecule has 0 aliphatic carbocycles. The molecule has 12 heavy (non-hydrogen) atoms. The van der Waals surface area contributed by atoms with E-state index >= 15 is 0 Å². The maximum absolute atomic E-state index is 10.8. The molecule has 1 aromatic heterocycles. The summed E-state index contributed by atoms with van der Waals surface area (Å²) >= 11 is 1.54. The van der Waals surface area contributed by atoms with Gasteiger partial charge in [0.25, 0.3) is 0 Å². The molecule has 1 aromatic rings. The average Bonchev–Trinajstić information content (AvgIpc) is 2.37. The molecule has 1 rings (SSSR count). The van der Waals surface area contributed by atoms with Crippen molar-refractivity contribution in [2.45, 2.75) is 13.3 Å². The fourth-order valence-corrected chi connectivity index (χ4v) is 1.76. The minimum absolute atomic E-state index is 0. The zero-order valence-electron chi connectivity index (χ0n) is 6.87. The number of hydrogen-bond donors (Lipinski definition) is 1. The lowest BCUT2D eigenvalue weighted by Gasteiger charge is -1.88. The van der Waals surface area contributed by atoms with E-state index in [1.807, 2.05) is 12.1 Å². The Kier molecular flexibility index (Phi) is 5.37. The molecule has 0 spiro atoms. The highest BCUT2D eigenvalue weighted by molar-refractivity contribution is 8.93. The summed E-state index contributed by atoms with van der Waals surface area (Å²) in [6, 6.07) is 3.83. The molecule has 0 atom stereocenters. The smallest absolute Gasteiger partial charge is 0.169 e. The van der Waals surface area contributed by atoms with Crippen molar-refractivity contribution < 1.29 is 4.79 Å². The van der Waals surface area contributed by atoms with Crippen LogP contribution >= 0.6 is 28.3 Å². The fourth-order valence-electron chi connectivity index (χ4n) is 0.844. The van der Waals surface area contributed by atoms with Crippen molar-refractivity contribution in [1.82, 2.24) is 0 Å². The Hall–Kier alpha value is -0.190. The third-order valence-corrected chi connectivity index (χ3v) is 2.65. The number of halogens is 1. The number of ketones is 1. The van der Waals surface area contributed by atoms with Gasteiger partial charge in [0.2, 0.25) is 0 Å². The van der Waals surface area contributed by atoms with E-state index in [0.717, 1.165) is 11.3 Å². The predicted octanol–water partition coefficient (Wildman–Crippen LogP) is 2.03. The molecular formula is C8H12BrNOS. The van der Waals surface area contributed by atoms with E-state index in [1.54, 1.807) is 6.92 Å². The zero-order valence-corrected chi connectivity index (χ0v) is 9.40. The maximum atomic E-state index is 10.8. The molecule has 0 aromatic carbocycles. The number of rotatable bonds is 3. The summed E-state index contributed by atoms with van der Waals surface area (Å²) in [5, 5.41) is 0. The van der Waals surface area contributed by atoms with Crippen LogP contribution < -0.4 is 5.73 Å². The van der Waals surface area contributed by atoms with E-state index in [1.165, 1.54) is 16.2 Å². The Morgan fingerprint density at radius 3 is 2.67 bits per heavy atom. The van der Waals surface area contributed by atoms with Crippen LogP contribution in [0, 0.1) is 0 Å². The summed E-state index contributed by atoms with van der Waals surface area (Å²) in [6.07, 6.45) is 0.873. The molecule has 4 heteroatoms. The number of Topliss-reactive ketones (excluding diaryl/α,β-unsaturated/α-hetero) is 1. The first kappa shape index (κ1) is 11.8. The molecule has 0 saturated carbocycles. The van der Waals surface area contributed by atoms with Crippen molar-refractivity contribution in [2.75, 3.05) is 6.54 Å². The minimum Gasteiger partial charge on any atom is -0.330 e. The lowest BCUT2D eigenvalue weighted by Crippen LogP contribution is -2.00. The highest BCUT2D eigenvalue weighted by atomic mass is 79.9. The number of carbonyl (C=O) groups is 1. The van der Waals surface area contributed by atoms with Gasteiger partial charge in [-0.05, 0) is 32.0 Å². The second-order valence-electron chi connectivity index (χ2n) is 2.36. The van der Waals surface area contributed by atoms with Gasteiger partial charge in [-0.2, -0.15) is 0 Å². The van der Waals surface area contributed by atoms with Crippen LogP contribution in [0.4, 0.5) is 0 Å². The first-order chi connectivity index (χ1) is 5.24. The van der Waals surface area contributed by atoms with Crippen LogP contribution in [0.15, 0.2) is 12.1 Å². The Bertz CT molecular complexity index is 259. The summed E-state index contributed by atoms with van der Waals surface area (Å²) in [5.74, 6) is 0.137. The quantitative estimate of drug-likeness (QED) is 0.834. The zero-order chi connectivity index (χ0) is 8.27. The van der Waals surface area contributed by atoms with Gasteiger partial charge in [0.05, 0.1) is 4.88 Å². The topological polar surface area (TPSA) is 43.1 Å². The summed E-state index contributed by atoms with van der Waals surface area (Å²) in [6.45, 7) is 2.23. The SMILES string of the molecule is Br.CC(=O)c1ccc(CCN)s1. The van der Waals surface area contributed by atoms with Crippen LogP contribution in [0.1, 0.15) is 21.5 Å². The first-order valence-electron chi connectivity index (χ1n) is 3.53. The van der Waals surface area contributed by atoms with Crippen molar-refractivity contribution in [3.63, 3.8) is 0 Å². The average molecular weight is 250 g/mol. The molecule has 0 radical (unpaired) electrons. The molecular weight excluding hydrogens is 238 g/mol. The lowest BCUT2D eigenvalue weighted by molar-refractivity contribution is 0.102. The van der Waals surface area contributed by atoms with Gasteiger partial charge in [-0.3, -0.25) is 4.79 Å². The summed E-state index contributed by atoms with van der Waals surface area (Å²) in [7, 11) is 0. The molecule has 2 N–H and O–H groups in total. The molecule has 0 bridgehead atoms. The van der Waals surface area contributed by atoms with Gasteiger partial charge in [-0.1, -0.05) is 0 Å². The van der Waals surface area contributed by atoms with E-state index in [9.17, 15) is 4.79 Å². The van der Waals surface area contributed by atoms with Crippen LogP contribution in [0.2, 0.25) is 0 Å². The van der Waals surface area contributed by atoms with Gasteiger partial charge in [0, 0.05) is 4.88 Å². The van der Waals surface area contributed by atoms with Crippen LogP contribution in [-0.4, -0.2) is 12.3 Å². The lowest BCUT2D eigenvalue weighted by atomic mass is 10.3. The molecule has 0 aliphatic heterocycles. The molecule has 2 nitrogen and oxygen atoms in total. The Balaban J connectivity index is 0.00000121. The van der Waals surface area contributed by atoms with Gasteiger partial charge < -0.3 is 5.73 Å². The summed E-state index contributed by atoms with van der Waals surface area (Å²) in [4.78, 5) is 12.9. The van der Waals surface area contributed by atoms with E-state index in [2.05, 4.69) is 0 Å². The Labute approximate surface area is 86.5 Å². The molecule has 0 amide bonds. The number of thiophene rings is 1. The van der Waals surface area contributed by atoms with E-state index < -0.39 is 0 Å². The molecule has 68 valence electrons. The Morgan fingerprint density at radius 2 is 2.25 bits per heavy atom.